The van der Waals surface area contributed by atoms with Gasteiger partial charge in [0.15, 0.2) is 0 Å². The van der Waals surface area contributed by atoms with Gasteiger partial charge in [-0.05, 0) is 19.3 Å². The molecule has 6 heteroatoms. The molecule has 0 aromatic heterocycles. The Hall–Kier alpha value is -1.14. The molecule has 0 spiro atoms. The van der Waals surface area contributed by atoms with Crippen molar-refractivity contribution in [2.75, 3.05) is 26.3 Å². The molecule has 2 aliphatic rings. The van der Waals surface area contributed by atoms with Gasteiger partial charge < -0.3 is 20.7 Å². The number of morpholine rings is 1. The van der Waals surface area contributed by atoms with Gasteiger partial charge in [0.1, 0.15) is 0 Å². The second kappa shape index (κ2) is 7.45. The Morgan fingerprint density at radius 2 is 2.11 bits per heavy atom. The lowest BCUT2D eigenvalue weighted by Gasteiger charge is -2.23. The molecule has 0 aromatic carbocycles. The van der Waals surface area contributed by atoms with Crippen LogP contribution < -0.4 is 16.0 Å². The molecule has 19 heavy (non-hydrogen) atoms. The summed E-state index contributed by atoms with van der Waals surface area (Å²) in [6.07, 6.45) is 3.84. The quantitative estimate of drug-likeness (QED) is 0.546. The minimum atomic E-state index is 0.0191. The summed E-state index contributed by atoms with van der Waals surface area (Å²) in [4.78, 5) is 23.0. The molecular weight excluding hydrogens is 246 g/mol. The Balaban J connectivity index is 1.47. The third-order valence-corrected chi connectivity index (χ3v) is 3.28. The number of nitrogens with one attached hydrogen (secondary N) is 3. The minimum Gasteiger partial charge on any atom is -0.378 e. The van der Waals surface area contributed by atoms with Gasteiger partial charge in [0.25, 0.3) is 0 Å². The zero-order valence-electron chi connectivity index (χ0n) is 11.2. The minimum absolute atomic E-state index is 0.0191. The van der Waals surface area contributed by atoms with Gasteiger partial charge in [-0.1, -0.05) is 0 Å². The first-order valence-corrected chi connectivity index (χ1v) is 7.11. The van der Waals surface area contributed by atoms with E-state index in [2.05, 4.69) is 16.0 Å². The lowest BCUT2D eigenvalue weighted by molar-refractivity contribution is -0.123. The number of amides is 2. The van der Waals surface area contributed by atoms with E-state index in [1.165, 1.54) is 0 Å². The molecule has 2 rings (SSSR count). The molecule has 2 amide bonds. The second-order valence-corrected chi connectivity index (χ2v) is 5.23. The van der Waals surface area contributed by atoms with E-state index in [1.54, 1.807) is 0 Å². The number of hydrogen-bond donors (Lipinski definition) is 3. The fourth-order valence-electron chi connectivity index (χ4n) is 2.05. The van der Waals surface area contributed by atoms with Gasteiger partial charge in [-0.25, -0.2) is 0 Å². The van der Waals surface area contributed by atoms with Crippen LogP contribution in [0.5, 0.6) is 0 Å². The van der Waals surface area contributed by atoms with Crippen molar-refractivity contribution in [2.24, 2.45) is 0 Å². The first-order chi connectivity index (χ1) is 9.24. The second-order valence-electron chi connectivity index (χ2n) is 5.23. The molecule has 0 aromatic rings. The lowest BCUT2D eigenvalue weighted by Crippen LogP contribution is -2.44. The average Bonchev–Trinajstić information content (AvgIpc) is 3.20. The van der Waals surface area contributed by atoms with Crippen LogP contribution in [0, 0.1) is 0 Å². The third kappa shape index (κ3) is 6.02. The zero-order chi connectivity index (χ0) is 13.5. The predicted molar refractivity (Wildman–Crippen MR) is 70.6 cm³/mol. The van der Waals surface area contributed by atoms with Crippen LogP contribution in [-0.4, -0.2) is 50.2 Å². The number of carbonyl (C=O) groups excluding carboxylic acids is 2. The summed E-state index contributed by atoms with van der Waals surface area (Å²) in [6.45, 7) is 2.68. The van der Waals surface area contributed by atoms with E-state index in [4.69, 9.17) is 4.74 Å². The molecule has 108 valence electrons. The summed E-state index contributed by atoms with van der Waals surface area (Å²) in [7, 11) is 0. The van der Waals surface area contributed by atoms with E-state index < -0.39 is 0 Å². The monoisotopic (exact) mass is 269 g/mol. The molecule has 1 saturated carbocycles. The Morgan fingerprint density at radius 3 is 2.79 bits per heavy atom. The molecule has 0 radical (unpaired) electrons. The molecule has 1 heterocycles. The summed E-state index contributed by atoms with van der Waals surface area (Å²) >= 11 is 0. The molecule has 3 N–H and O–H groups in total. The SMILES string of the molecule is O=C(CC1COCCN1)NCCCC(=O)NC1CC1. The average molecular weight is 269 g/mol. The van der Waals surface area contributed by atoms with Crippen molar-refractivity contribution in [3.8, 4) is 0 Å². The van der Waals surface area contributed by atoms with E-state index >= 15 is 0 Å². The normalized spacial score (nSPS) is 22.8. The van der Waals surface area contributed by atoms with E-state index in [9.17, 15) is 9.59 Å². The molecule has 1 unspecified atom stereocenters. The number of ether oxygens (including phenoxy) is 1. The van der Waals surface area contributed by atoms with E-state index in [1.807, 2.05) is 0 Å². The van der Waals surface area contributed by atoms with Crippen LogP contribution in [0.2, 0.25) is 0 Å². The molecule has 1 aliphatic heterocycles. The first kappa shape index (κ1) is 14.3. The van der Waals surface area contributed by atoms with E-state index in [0.717, 1.165) is 19.4 Å². The van der Waals surface area contributed by atoms with Gasteiger partial charge in [0.05, 0.1) is 13.2 Å². The van der Waals surface area contributed by atoms with Crippen LogP contribution in [0.15, 0.2) is 0 Å². The Labute approximate surface area is 113 Å². The summed E-state index contributed by atoms with van der Waals surface area (Å²) < 4.78 is 5.29. The largest absolute Gasteiger partial charge is 0.378 e. The maximum Gasteiger partial charge on any atom is 0.221 e. The highest BCUT2D eigenvalue weighted by atomic mass is 16.5. The van der Waals surface area contributed by atoms with Crippen molar-refractivity contribution >= 4 is 11.8 Å². The highest BCUT2D eigenvalue weighted by molar-refractivity contribution is 5.77. The molecule has 1 atom stereocenters. The molecule has 2 fully saturated rings. The van der Waals surface area contributed by atoms with Crippen molar-refractivity contribution in [1.82, 2.24) is 16.0 Å². The summed E-state index contributed by atoms with van der Waals surface area (Å²) in [6, 6.07) is 0.534. The predicted octanol–water partition coefficient (Wildman–Crippen LogP) is -0.460. The number of carbonyl (C=O) groups is 2. The van der Waals surface area contributed by atoms with Crippen LogP contribution in [-0.2, 0) is 14.3 Å². The van der Waals surface area contributed by atoms with Crippen molar-refractivity contribution in [3.63, 3.8) is 0 Å². The van der Waals surface area contributed by atoms with Gasteiger partial charge in [-0.3, -0.25) is 9.59 Å². The van der Waals surface area contributed by atoms with Crippen molar-refractivity contribution in [2.45, 2.75) is 44.2 Å². The first-order valence-electron chi connectivity index (χ1n) is 7.11. The fraction of sp³-hybridized carbons (Fsp3) is 0.846. The molecule has 1 saturated heterocycles. The highest BCUT2D eigenvalue weighted by Gasteiger charge is 2.22. The van der Waals surface area contributed by atoms with Crippen LogP contribution >= 0.6 is 0 Å². The maximum absolute atomic E-state index is 11.6. The van der Waals surface area contributed by atoms with Crippen LogP contribution in [0.3, 0.4) is 0 Å². The molecule has 0 bridgehead atoms. The smallest absolute Gasteiger partial charge is 0.221 e. The lowest BCUT2D eigenvalue weighted by atomic mass is 10.2. The summed E-state index contributed by atoms with van der Waals surface area (Å²) in [5.41, 5.74) is 0. The fourth-order valence-corrected chi connectivity index (χ4v) is 2.05. The summed E-state index contributed by atoms with van der Waals surface area (Å²) in [5, 5.41) is 9.01. The van der Waals surface area contributed by atoms with Gasteiger partial charge in [-0.2, -0.15) is 0 Å². The van der Waals surface area contributed by atoms with Gasteiger partial charge in [-0.15, -0.1) is 0 Å². The summed E-state index contributed by atoms with van der Waals surface area (Å²) in [5.74, 6) is 0.115. The molecule has 1 aliphatic carbocycles. The maximum atomic E-state index is 11.6. The highest BCUT2D eigenvalue weighted by Crippen LogP contribution is 2.18. The van der Waals surface area contributed by atoms with Crippen molar-refractivity contribution in [3.05, 3.63) is 0 Å². The van der Waals surface area contributed by atoms with E-state index in [0.29, 0.717) is 45.1 Å². The topological polar surface area (TPSA) is 79.5 Å². The van der Waals surface area contributed by atoms with Crippen LogP contribution in [0.25, 0.3) is 0 Å². The Kier molecular flexibility index (Phi) is 5.60. The van der Waals surface area contributed by atoms with Gasteiger partial charge >= 0.3 is 0 Å². The molecule has 6 nitrogen and oxygen atoms in total. The van der Waals surface area contributed by atoms with E-state index in [-0.39, 0.29) is 17.9 Å². The molecular formula is C13H23N3O3. The Morgan fingerprint density at radius 1 is 1.26 bits per heavy atom. The number of hydrogen-bond acceptors (Lipinski definition) is 4. The Bertz CT molecular complexity index is 312. The zero-order valence-corrected chi connectivity index (χ0v) is 11.2. The van der Waals surface area contributed by atoms with Crippen LogP contribution in [0.1, 0.15) is 32.1 Å². The number of rotatable bonds is 7. The van der Waals surface area contributed by atoms with Crippen LogP contribution in [0.4, 0.5) is 0 Å². The van der Waals surface area contributed by atoms with Gasteiger partial charge in [0.2, 0.25) is 11.8 Å². The standard InChI is InChI=1S/C13H23N3O3/c17-12(16-10-3-4-10)2-1-5-15-13(18)8-11-9-19-7-6-14-11/h10-11,14H,1-9H2,(H,15,18)(H,16,17). The van der Waals surface area contributed by atoms with Crippen molar-refractivity contribution < 1.29 is 14.3 Å². The van der Waals surface area contributed by atoms with Gasteiger partial charge in [0, 0.05) is 38.0 Å². The third-order valence-electron chi connectivity index (χ3n) is 3.28. The van der Waals surface area contributed by atoms with Crippen molar-refractivity contribution in [1.29, 1.82) is 0 Å².